The molecule has 0 aromatic heterocycles. The van der Waals surface area contributed by atoms with Crippen molar-refractivity contribution in [1.29, 1.82) is 0 Å². The first-order valence-corrected chi connectivity index (χ1v) is 6.05. The van der Waals surface area contributed by atoms with Crippen LogP contribution in [0.5, 0.6) is 0 Å². The van der Waals surface area contributed by atoms with E-state index >= 15 is 0 Å². The zero-order valence-electron chi connectivity index (χ0n) is 9.72. The Kier molecular flexibility index (Phi) is 6.20. The largest absolute Gasteiger partial charge is 0.385 e. The van der Waals surface area contributed by atoms with Crippen LogP contribution >= 0.6 is 0 Å². The summed E-state index contributed by atoms with van der Waals surface area (Å²) in [5.74, 6) is 0.931. The molecule has 0 spiro atoms. The van der Waals surface area contributed by atoms with Crippen molar-refractivity contribution >= 4 is 0 Å². The predicted octanol–water partition coefficient (Wildman–Crippen LogP) is 2.58. The van der Waals surface area contributed by atoms with Crippen molar-refractivity contribution in [3.05, 3.63) is 0 Å². The van der Waals surface area contributed by atoms with Gasteiger partial charge in [0.2, 0.25) is 0 Å². The fourth-order valence-electron chi connectivity index (χ4n) is 2.30. The van der Waals surface area contributed by atoms with Gasteiger partial charge in [-0.05, 0) is 38.1 Å². The molecular weight excluding hydrogens is 174 g/mol. The number of ether oxygens (including phenoxy) is 1. The summed E-state index contributed by atoms with van der Waals surface area (Å²) in [6.07, 6.45) is 8.04. The van der Waals surface area contributed by atoms with Crippen LogP contribution in [0.1, 0.15) is 45.4 Å². The minimum absolute atomic E-state index is 0.793. The van der Waals surface area contributed by atoms with Gasteiger partial charge in [0.05, 0.1) is 0 Å². The Balaban J connectivity index is 1.95. The summed E-state index contributed by atoms with van der Waals surface area (Å²) in [6.45, 7) is 4.45. The summed E-state index contributed by atoms with van der Waals surface area (Å²) in [5.41, 5.74) is 0. The summed E-state index contributed by atoms with van der Waals surface area (Å²) in [4.78, 5) is 0. The standard InChI is InChI=1S/C12H25NO/c1-11-6-5-7-12(10-11)13-8-3-4-9-14-2/h11-13H,3-10H2,1-2H3/t11-,12+/m0/s1. The van der Waals surface area contributed by atoms with Gasteiger partial charge in [-0.15, -0.1) is 0 Å². The molecule has 2 atom stereocenters. The Morgan fingerprint density at radius 2 is 2.14 bits per heavy atom. The molecule has 1 saturated carbocycles. The van der Waals surface area contributed by atoms with Gasteiger partial charge in [-0.2, -0.15) is 0 Å². The lowest BCUT2D eigenvalue weighted by molar-refractivity contribution is 0.191. The molecule has 0 saturated heterocycles. The Bertz CT molecular complexity index is 138. The van der Waals surface area contributed by atoms with Gasteiger partial charge in [0.15, 0.2) is 0 Å². The summed E-state index contributed by atoms with van der Waals surface area (Å²) in [5, 5.41) is 3.66. The SMILES string of the molecule is COCCCCN[C@@H]1CCC[C@H](C)C1. The van der Waals surface area contributed by atoms with Gasteiger partial charge in [0, 0.05) is 19.8 Å². The average molecular weight is 199 g/mol. The summed E-state index contributed by atoms with van der Waals surface area (Å²) in [7, 11) is 1.77. The first-order chi connectivity index (χ1) is 6.83. The Labute approximate surface area is 88.4 Å². The number of nitrogens with one attached hydrogen (secondary N) is 1. The van der Waals surface area contributed by atoms with E-state index in [4.69, 9.17) is 4.74 Å². The molecule has 1 rings (SSSR count). The molecule has 1 aliphatic carbocycles. The maximum absolute atomic E-state index is 5.02. The fourth-order valence-corrected chi connectivity index (χ4v) is 2.30. The van der Waals surface area contributed by atoms with Gasteiger partial charge in [-0.1, -0.05) is 19.8 Å². The van der Waals surface area contributed by atoms with Gasteiger partial charge in [-0.3, -0.25) is 0 Å². The monoisotopic (exact) mass is 199 g/mol. The van der Waals surface area contributed by atoms with Gasteiger partial charge in [-0.25, -0.2) is 0 Å². The number of unbranched alkanes of at least 4 members (excludes halogenated alkanes) is 1. The van der Waals surface area contributed by atoms with Crippen LogP contribution < -0.4 is 5.32 Å². The summed E-state index contributed by atoms with van der Waals surface area (Å²) in [6, 6.07) is 0.793. The van der Waals surface area contributed by atoms with Crippen molar-refractivity contribution in [3.8, 4) is 0 Å². The molecule has 1 fully saturated rings. The number of hydrogen-bond acceptors (Lipinski definition) is 2. The molecule has 0 unspecified atom stereocenters. The molecule has 1 aliphatic rings. The number of rotatable bonds is 6. The highest BCUT2D eigenvalue weighted by Gasteiger charge is 2.17. The topological polar surface area (TPSA) is 21.3 Å². The second-order valence-corrected chi connectivity index (χ2v) is 4.62. The van der Waals surface area contributed by atoms with Gasteiger partial charge >= 0.3 is 0 Å². The van der Waals surface area contributed by atoms with Crippen molar-refractivity contribution in [2.75, 3.05) is 20.3 Å². The third-order valence-electron chi connectivity index (χ3n) is 3.14. The highest BCUT2D eigenvalue weighted by molar-refractivity contribution is 4.75. The summed E-state index contributed by atoms with van der Waals surface area (Å²) >= 11 is 0. The van der Waals surface area contributed by atoms with E-state index in [-0.39, 0.29) is 0 Å². The van der Waals surface area contributed by atoms with Crippen molar-refractivity contribution in [2.45, 2.75) is 51.5 Å². The van der Waals surface area contributed by atoms with Crippen LogP contribution in [0.2, 0.25) is 0 Å². The molecular formula is C12H25NO. The first-order valence-electron chi connectivity index (χ1n) is 6.05. The molecule has 0 bridgehead atoms. The minimum atomic E-state index is 0.793. The molecule has 0 aromatic rings. The van der Waals surface area contributed by atoms with Crippen LogP contribution in [-0.2, 0) is 4.74 Å². The zero-order chi connectivity index (χ0) is 10.2. The van der Waals surface area contributed by atoms with E-state index in [1.54, 1.807) is 7.11 Å². The van der Waals surface area contributed by atoms with E-state index in [1.165, 1.54) is 45.1 Å². The van der Waals surface area contributed by atoms with Crippen LogP contribution in [0.4, 0.5) is 0 Å². The third kappa shape index (κ3) is 4.97. The highest BCUT2D eigenvalue weighted by atomic mass is 16.5. The Morgan fingerprint density at radius 1 is 1.29 bits per heavy atom. The lowest BCUT2D eigenvalue weighted by Gasteiger charge is -2.27. The van der Waals surface area contributed by atoms with E-state index in [2.05, 4.69) is 12.2 Å². The molecule has 2 heteroatoms. The first kappa shape index (κ1) is 12.0. The lowest BCUT2D eigenvalue weighted by Crippen LogP contribution is -2.34. The van der Waals surface area contributed by atoms with Crippen molar-refractivity contribution in [3.63, 3.8) is 0 Å². The number of hydrogen-bond donors (Lipinski definition) is 1. The molecule has 84 valence electrons. The highest BCUT2D eigenvalue weighted by Crippen LogP contribution is 2.23. The van der Waals surface area contributed by atoms with Crippen LogP contribution in [0.25, 0.3) is 0 Å². The maximum atomic E-state index is 5.02. The normalized spacial score (nSPS) is 27.9. The molecule has 0 heterocycles. The van der Waals surface area contributed by atoms with Crippen molar-refractivity contribution in [2.24, 2.45) is 5.92 Å². The Hall–Kier alpha value is -0.0800. The fraction of sp³-hybridized carbons (Fsp3) is 1.00. The molecule has 0 aliphatic heterocycles. The third-order valence-corrected chi connectivity index (χ3v) is 3.14. The molecule has 14 heavy (non-hydrogen) atoms. The quantitative estimate of drug-likeness (QED) is 0.664. The average Bonchev–Trinajstić information content (AvgIpc) is 2.18. The Morgan fingerprint density at radius 3 is 2.86 bits per heavy atom. The van der Waals surface area contributed by atoms with E-state index in [1.807, 2.05) is 0 Å². The maximum Gasteiger partial charge on any atom is 0.0462 e. The smallest absolute Gasteiger partial charge is 0.0462 e. The van der Waals surface area contributed by atoms with Gasteiger partial charge < -0.3 is 10.1 Å². The lowest BCUT2D eigenvalue weighted by atomic mass is 9.87. The van der Waals surface area contributed by atoms with Crippen molar-refractivity contribution < 1.29 is 4.74 Å². The van der Waals surface area contributed by atoms with E-state index < -0.39 is 0 Å². The molecule has 2 nitrogen and oxygen atoms in total. The molecule has 0 amide bonds. The second-order valence-electron chi connectivity index (χ2n) is 4.62. The van der Waals surface area contributed by atoms with E-state index in [0.29, 0.717) is 0 Å². The summed E-state index contributed by atoms with van der Waals surface area (Å²) < 4.78 is 5.02. The molecule has 0 aromatic carbocycles. The van der Waals surface area contributed by atoms with E-state index in [9.17, 15) is 0 Å². The van der Waals surface area contributed by atoms with Gasteiger partial charge in [0.1, 0.15) is 0 Å². The zero-order valence-corrected chi connectivity index (χ0v) is 9.72. The number of methoxy groups -OCH3 is 1. The van der Waals surface area contributed by atoms with Crippen LogP contribution in [0.3, 0.4) is 0 Å². The predicted molar refractivity (Wildman–Crippen MR) is 60.5 cm³/mol. The van der Waals surface area contributed by atoms with Crippen molar-refractivity contribution in [1.82, 2.24) is 5.32 Å². The van der Waals surface area contributed by atoms with Crippen LogP contribution in [-0.4, -0.2) is 26.3 Å². The second kappa shape index (κ2) is 7.24. The minimum Gasteiger partial charge on any atom is -0.385 e. The van der Waals surface area contributed by atoms with E-state index in [0.717, 1.165) is 18.6 Å². The van der Waals surface area contributed by atoms with Gasteiger partial charge in [0.25, 0.3) is 0 Å². The molecule has 1 N–H and O–H groups in total. The molecule has 0 radical (unpaired) electrons. The van der Waals surface area contributed by atoms with Crippen LogP contribution in [0.15, 0.2) is 0 Å². The van der Waals surface area contributed by atoms with Crippen LogP contribution in [0, 0.1) is 5.92 Å².